The molecule has 4 rings (SSSR count). The van der Waals surface area contributed by atoms with Gasteiger partial charge in [0.1, 0.15) is 11.4 Å². The maximum Gasteiger partial charge on any atom is 0.257 e. The van der Waals surface area contributed by atoms with Crippen LogP contribution < -0.4 is 19.5 Å². The summed E-state index contributed by atoms with van der Waals surface area (Å²) >= 11 is 0. The van der Waals surface area contributed by atoms with Crippen molar-refractivity contribution in [3.8, 4) is 17.2 Å². The van der Waals surface area contributed by atoms with Gasteiger partial charge in [-0.25, -0.2) is 0 Å². The fourth-order valence-electron chi connectivity index (χ4n) is 4.44. The van der Waals surface area contributed by atoms with Crippen LogP contribution in [0.5, 0.6) is 17.2 Å². The lowest BCUT2D eigenvalue weighted by Gasteiger charge is -2.38. The SMILES string of the molecule is COc1ccc(C2(CNC(=O)COc3cccc4c3OC(C)(C)C4)CCOCC2)cc1. The molecule has 1 fully saturated rings. The van der Waals surface area contributed by atoms with Gasteiger partial charge >= 0.3 is 0 Å². The fourth-order valence-corrected chi connectivity index (χ4v) is 4.44. The van der Waals surface area contributed by atoms with Crippen LogP contribution in [0.1, 0.15) is 37.8 Å². The number of carbonyl (C=O) groups is 1. The molecule has 31 heavy (non-hydrogen) atoms. The topological polar surface area (TPSA) is 66.0 Å². The zero-order valence-electron chi connectivity index (χ0n) is 18.5. The molecule has 6 heteroatoms. The second-order valence-electron chi connectivity index (χ2n) is 8.97. The fraction of sp³-hybridized carbons (Fsp3) is 0.480. The summed E-state index contributed by atoms with van der Waals surface area (Å²) in [6.45, 7) is 5.96. The van der Waals surface area contributed by atoms with Gasteiger partial charge in [0.05, 0.1) is 7.11 Å². The van der Waals surface area contributed by atoms with E-state index in [1.807, 2.05) is 30.3 Å². The predicted molar refractivity (Wildman–Crippen MR) is 118 cm³/mol. The van der Waals surface area contributed by atoms with E-state index in [9.17, 15) is 4.79 Å². The molecule has 6 nitrogen and oxygen atoms in total. The van der Waals surface area contributed by atoms with Crippen molar-refractivity contribution in [3.05, 3.63) is 53.6 Å². The van der Waals surface area contributed by atoms with Crippen molar-refractivity contribution in [2.24, 2.45) is 0 Å². The Labute approximate surface area is 183 Å². The molecule has 2 aromatic carbocycles. The van der Waals surface area contributed by atoms with Crippen molar-refractivity contribution >= 4 is 5.91 Å². The van der Waals surface area contributed by atoms with E-state index in [4.69, 9.17) is 18.9 Å². The summed E-state index contributed by atoms with van der Waals surface area (Å²) in [5.74, 6) is 2.05. The first-order chi connectivity index (χ1) is 14.9. The minimum atomic E-state index is -0.252. The molecule has 2 aliphatic rings. The van der Waals surface area contributed by atoms with Crippen molar-refractivity contribution in [2.45, 2.75) is 44.1 Å². The van der Waals surface area contributed by atoms with Crippen LogP contribution in [-0.2, 0) is 21.4 Å². The molecule has 1 amide bonds. The average molecular weight is 426 g/mol. The lowest BCUT2D eigenvalue weighted by Crippen LogP contribution is -2.45. The standard InChI is InChI=1S/C25H31NO5/c1-24(2)15-18-5-4-6-21(23(18)31-24)30-16-22(27)26-17-25(11-13-29-14-12-25)19-7-9-20(28-3)10-8-19/h4-10H,11-17H2,1-3H3,(H,26,27). The van der Waals surface area contributed by atoms with Gasteiger partial charge in [-0.05, 0) is 50.5 Å². The van der Waals surface area contributed by atoms with Gasteiger partial charge in [-0.1, -0.05) is 24.3 Å². The molecule has 1 N–H and O–H groups in total. The van der Waals surface area contributed by atoms with Crippen molar-refractivity contribution < 1.29 is 23.7 Å². The molecule has 2 heterocycles. The van der Waals surface area contributed by atoms with Crippen LogP contribution in [0.25, 0.3) is 0 Å². The highest BCUT2D eigenvalue weighted by Crippen LogP contribution is 2.41. The van der Waals surface area contributed by atoms with Gasteiger partial charge in [0.25, 0.3) is 5.91 Å². The van der Waals surface area contributed by atoms with Crippen molar-refractivity contribution in [2.75, 3.05) is 33.5 Å². The van der Waals surface area contributed by atoms with Crippen molar-refractivity contribution in [1.29, 1.82) is 0 Å². The van der Waals surface area contributed by atoms with E-state index in [0.29, 0.717) is 25.5 Å². The molecule has 2 aromatic rings. The molecule has 1 saturated heterocycles. The Morgan fingerprint density at radius 3 is 2.55 bits per heavy atom. The first-order valence-corrected chi connectivity index (χ1v) is 10.8. The van der Waals surface area contributed by atoms with E-state index >= 15 is 0 Å². The number of carbonyl (C=O) groups excluding carboxylic acids is 1. The lowest BCUT2D eigenvalue weighted by molar-refractivity contribution is -0.123. The zero-order valence-corrected chi connectivity index (χ0v) is 18.5. The molecule has 0 atom stereocenters. The van der Waals surface area contributed by atoms with Crippen LogP contribution in [0.3, 0.4) is 0 Å². The molecule has 0 unspecified atom stereocenters. The minimum Gasteiger partial charge on any atom is -0.497 e. The second kappa shape index (κ2) is 8.79. The molecular formula is C25H31NO5. The maximum atomic E-state index is 12.6. The molecule has 0 radical (unpaired) electrons. The highest BCUT2D eigenvalue weighted by atomic mass is 16.5. The number of nitrogens with one attached hydrogen (secondary N) is 1. The van der Waals surface area contributed by atoms with Crippen LogP contribution in [0.2, 0.25) is 0 Å². The summed E-state index contributed by atoms with van der Waals surface area (Å²) in [6.07, 6.45) is 2.54. The van der Waals surface area contributed by atoms with Crippen molar-refractivity contribution in [1.82, 2.24) is 5.32 Å². The number of amides is 1. The predicted octanol–water partition coefficient (Wildman–Crippen LogP) is 3.65. The van der Waals surface area contributed by atoms with E-state index in [-0.39, 0.29) is 23.5 Å². The summed E-state index contributed by atoms with van der Waals surface area (Å²) in [5.41, 5.74) is 1.90. The van der Waals surface area contributed by atoms with Gasteiger partial charge in [-0.2, -0.15) is 0 Å². The largest absolute Gasteiger partial charge is 0.497 e. The zero-order chi connectivity index (χ0) is 21.9. The van der Waals surface area contributed by atoms with Crippen LogP contribution in [0.4, 0.5) is 0 Å². The highest BCUT2D eigenvalue weighted by molar-refractivity contribution is 5.77. The summed E-state index contributed by atoms with van der Waals surface area (Å²) in [5, 5.41) is 3.08. The van der Waals surface area contributed by atoms with E-state index in [2.05, 4.69) is 31.3 Å². The molecule has 0 bridgehead atoms. The third-order valence-corrected chi connectivity index (χ3v) is 6.19. The molecule has 0 aliphatic carbocycles. The van der Waals surface area contributed by atoms with E-state index in [0.717, 1.165) is 36.3 Å². The first kappa shape index (κ1) is 21.5. The number of hydrogen-bond acceptors (Lipinski definition) is 5. The minimum absolute atomic E-state index is 0.0462. The molecular weight excluding hydrogens is 394 g/mol. The van der Waals surface area contributed by atoms with E-state index < -0.39 is 0 Å². The summed E-state index contributed by atoms with van der Waals surface area (Å²) < 4.78 is 22.7. The Morgan fingerprint density at radius 2 is 1.84 bits per heavy atom. The van der Waals surface area contributed by atoms with E-state index in [1.54, 1.807) is 7.11 Å². The Kier molecular flexibility index (Phi) is 6.10. The first-order valence-electron chi connectivity index (χ1n) is 10.8. The smallest absolute Gasteiger partial charge is 0.257 e. The quantitative estimate of drug-likeness (QED) is 0.734. The molecule has 166 valence electrons. The maximum absolute atomic E-state index is 12.6. The number of fused-ring (bicyclic) bond motifs is 1. The summed E-state index contributed by atoms with van der Waals surface area (Å²) in [7, 11) is 1.66. The van der Waals surface area contributed by atoms with Crippen LogP contribution in [0, 0.1) is 0 Å². The van der Waals surface area contributed by atoms with Gasteiger partial charge in [0, 0.05) is 37.2 Å². The normalized spacial score (nSPS) is 18.5. The lowest BCUT2D eigenvalue weighted by atomic mass is 9.74. The summed E-state index contributed by atoms with van der Waals surface area (Å²) in [4.78, 5) is 12.6. The monoisotopic (exact) mass is 425 g/mol. The van der Waals surface area contributed by atoms with Gasteiger partial charge in [-0.3, -0.25) is 4.79 Å². The van der Waals surface area contributed by atoms with Crippen molar-refractivity contribution in [3.63, 3.8) is 0 Å². The van der Waals surface area contributed by atoms with Crippen LogP contribution >= 0.6 is 0 Å². The van der Waals surface area contributed by atoms with Gasteiger partial charge in [0.2, 0.25) is 0 Å². The third-order valence-electron chi connectivity index (χ3n) is 6.19. The van der Waals surface area contributed by atoms with Gasteiger partial charge in [0.15, 0.2) is 18.1 Å². The molecule has 0 spiro atoms. The number of hydrogen-bond donors (Lipinski definition) is 1. The number of para-hydroxylation sites is 1. The third kappa shape index (κ3) is 4.79. The number of rotatable bonds is 7. The highest BCUT2D eigenvalue weighted by Gasteiger charge is 2.35. The molecule has 0 aromatic heterocycles. The second-order valence-corrected chi connectivity index (χ2v) is 8.97. The van der Waals surface area contributed by atoms with Crippen LogP contribution in [0.15, 0.2) is 42.5 Å². The summed E-state index contributed by atoms with van der Waals surface area (Å²) in [6, 6.07) is 13.9. The Bertz CT molecular complexity index is 916. The average Bonchev–Trinajstić information content (AvgIpc) is 3.11. The molecule has 2 aliphatic heterocycles. The Morgan fingerprint density at radius 1 is 1.10 bits per heavy atom. The molecule has 0 saturated carbocycles. The number of methoxy groups -OCH3 is 1. The number of ether oxygens (including phenoxy) is 4. The van der Waals surface area contributed by atoms with Gasteiger partial charge < -0.3 is 24.3 Å². The Balaban J connectivity index is 1.39. The van der Waals surface area contributed by atoms with E-state index in [1.165, 1.54) is 5.56 Å². The number of benzene rings is 2. The van der Waals surface area contributed by atoms with Crippen LogP contribution in [-0.4, -0.2) is 45.0 Å². The van der Waals surface area contributed by atoms with Gasteiger partial charge in [-0.15, -0.1) is 0 Å². The Hall–Kier alpha value is -2.73.